The number of aromatic nitrogens is 8. The van der Waals surface area contributed by atoms with E-state index in [4.69, 9.17) is 53.6 Å². The van der Waals surface area contributed by atoms with Crippen molar-refractivity contribution in [2.24, 2.45) is 5.92 Å². The van der Waals surface area contributed by atoms with Gasteiger partial charge in [-0.25, -0.2) is 34.7 Å². The van der Waals surface area contributed by atoms with Gasteiger partial charge in [0, 0.05) is 123 Å². The molecule has 2 aliphatic carbocycles. The van der Waals surface area contributed by atoms with Gasteiger partial charge < -0.3 is 49.4 Å². The number of aryl methyl sites for hydroxylation is 1. The number of nitrogens with one attached hydrogen (secondary N) is 3. The van der Waals surface area contributed by atoms with Crippen LogP contribution >= 0.6 is 0 Å². The summed E-state index contributed by atoms with van der Waals surface area (Å²) < 4.78 is 31.3. The van der Waals surface area contributed by atoms with Gasteiger partial charge in [0.25, 0.3) is 0 Å². The molecule has 3 N–H and O–H groups in total. The largest absolute Gasteiger partial charge is 0.488 e. The lowest BCUT2D eigenvalue weighted by atomic mass is 9.78. The summed E-state index contributed by atoms with van der Waals surface area (Å²) >= 11 is 0. The number of hydrogen-bond donors (Lipinski definition) is 3. The van der Waals surface area contributed by atoms with Crippen LogP contribution in [-0.2, 0) is 14.2 Å². The second kappa shape index (κ2) is 20.8. The molecule has 0 amide bonds. The van der Waals surface area contributed by atoms with Crippen LogP contribution in [0.4, 0.5) is 23.3 Å². The number of esters is 1. The first-order valence-corrected chi connectivity index (χ1v) is 24.9. The lowest BCUT2D eigenvalue weighted by Gasteiger charge is -2.44. The van der Waals surface area contributed by atoms with Gasteiger partial charge in [0.1, 0.15) is 22.5 Å². The number of carbonyl (C=O) groups excluding carboxylic acids is 1. The normalized spacial score (nSPS) is 25.1. The van der Waals surface area contributed by atoms with Gasteiger partial charge in [0.05, 0.1) is 56.3 Å². The fourth-order valence-electron chi connectivity index (χ4n) is 10.9. The van der Waals surface area contributed by atoms with E-state index >= 15 is 0 Å². The Balaban J connectivity index is 0.819. The molecule has 4 aromatic heterocycles. The summed E-state index contributed by atoms with van der Waals surface area (Å²) in [6.07, 6.45) is 17.5. The Morgan fingerprint density at radius 2 is 1.39 bits per heavy atom. The highest BCUT2D eigenvalue weighted by Crippen LogP contribution is 2.39. The predicted molar refractivity (Wildman–Crippen MR) is 264 cm³/mol. The molecular weight excluding hydrogens is 891 g/mol. The fraction of sp³-hybridized carbons (Fsp3) is 0.510. The topological polar surface area (TPSA) is 209 Å². The summed E-state index contributed by atoms with van der Waals surface area (Å²) in [5.74, 6) is 2.54. The van der Waals surface area contributed by atoms with E-state index in [1.165, 1.54) is 12.7 Å². The highest BCUT2D eigenvalue weighted by atomic mass is 16.5. The zero-order valence-corrected chi connectivity index (χ0v) is 39.8. The Morgan fingerprint density at radius 1 is 0.714 bits per heavy atom. The van der Waals surface area contributed by atoms with E-state index in [0.717, 1.165) is 122 Å². The summed E-state index contributed by atoms with van der Waals surface area (Å²) in [6, 6.07) is 10.3. The van der Waals surface area contributed by atoms with Crippen molar-refractivity contribution in [1.29, 1.82) is 0 Å². The minimum atomic E-state index is -0.486. The van der Waals surface area contributed by atoms with E-state index in [-0.39, 0.29) is 42.0 Å². The third kappa shape index (κ3) is 10.3. The summed E-state index contributed by atoms with van der Waals surface area (Å²) in [4.78, 5) is 54.5. The Labute approximate surface area is 406 Å². The molecule has 3 aliphatic heterocycles. The summed E-state index contributed by atoms with van der Waals surface area (Å²) in [5.41, 5.74) is 7.27. The molecule has 7 heterocycles. The molecule has 70 heavy (non-hydrogen) atoms. The number of rotatable bonds is 13. The monoisotopic (exact) mass is 951 g/mol. The van der Waals surface area contributed by atoms with Gasteiger partial charge in [0.15, 0.2) is 5.69 Å². The van der Waals surface area contributed by atoms with Crippen molar-refractivity contribution in [3.05, 3.63) is 84.5 Å². The molecular formula is C51H61N13O6. The zero-order valence-electron chi connectivity index (χ0n) is 39.8. The summed E-state index contributed by atoms with van der Waals surface area (Å²) in [5, 5.41) is 10.7. The fourth-order valence-corrected chi connectivity index (χ4v) is 10.9. The second-order valence-corrected chi connectivity index (χ2v) is 19.1. The van der Waals surface area contributed by atoms with Crippen LogP contribution in [0.5, 0.6) is 11.5 Å². The van der Waals surface area contributed by atoms with Crippen LogP contribution in [-0.4, -0.2) is 142 Å². The summed E-state index contributed by atoms with van der Waals surface area (Å²) in [6.45, 7) is 8.73. The van der Waals surface area contributed by atoms with E-state index in [0.29, 0.717) is 56.4 Å². The molecule has 11 rings (SSSR count). The van der Waals surface area contributed by atoms with E-state index in [9.17, 15) is 4.79 Å². The maximum atomic E-state index is 12.2. The van der Waals surface area contributed by atoms with Gasteiger partial charge in [0.2, 0.25) is 11.9 Å². The van der Waals surface area contributed by atoms with Crippen LogP contribution in [0.3, 0.4) is 0 Å². The highest BCUT2D eigenvalue weighted by molar-refractivity contribution is 5.88. The maximum Gasteiger partial charge on any atom is 0.356 e. The lowest BCUT2D eigenvalue weighted by molar-refractivity contribution is -0.0299. The molecule has 2 aromatic carbocycles. The van der Waals surface area contributed by atoms with Crippen LogP contribution in [0.2, 0.25) is 0 Å². The van der Waals surface area contributed by atoms with Crippen molar-refractivity contribution < 1.29 is 28.5 Å². The highest BCUT2D eigenvalue weighted by Gasteiger charge is 2.40. The first-order chi connectivity index (χ1) is 34.4. The molecule has 19 nitrogen and oxygen atoms in total. The van der Waals surface area contributed by atoms with Crippen LogP contribution < -0.4 is 35.2 Å². The number of nitrogens with zero attached hydrogens (tertiary/aromatic N) is 10. The minimum Gasteiger partial charge on any atom is -0.488 e. The molecule has 2 saturated carbocycles. The number of fused-ring (bicyclic) bond motifs is 2. The van der Waals surface area contributed by atoms with Crippen LogP contribution in [0.1, 0.15) is 79.0 Å². The summed E-state index contributed by atoms with van der Waals surface area (Å²) in [7, 11) is 1.35. The lowest BCUT2D eigenvalue weighted by Crippen LogP contribution is -2.53. The SMILES string of the molecule is COC(=O)c1cc(C)nc(N[C@H]2CC[C@@H](Oc3cc(N4CCOC(C5C[C@@H](Oc6cc(N7CCOCC7)cc7nccnc67)CC[C@H]5Nc5ncc(C6CCNC6)cn5)C4)cc4nccnc34)CC2)n1. The predicted octanol–water partition coefficient (Wildman–Crippen LogP) is 5.90. The molecule has 5 atom stereocenters. The van der Waals surface area contributed by atoms with Crippen LogP contribution in [0.25, 0.3) is 22.1 Å². The first-order valence-electron chi connectivity index (χ1n) is 24.9. The van der Waals surface area contributed by atoms with Crippen molar-refractivity contribution in [3.8, 4) is 11.5 Å². The molecule has 5 fully saturated rings. The maximum absolute atomic E-state index is 12.2. The van der Waals surface area contributed by atoms with Crippen molar-refractivity contribution >= 4 is 51.3 Å². The van der Waals surface area contributed by atoms with Crippen molar-refractivity contribution in [2.75, 3.05) is 86.6 Å². The Kier molecular flexibility index (Phi) is 13.6. The molecule has 3 unspecified atom stereocenters. The molecule has 6 aromatic rings. The molecule has 3 saturated heterocycles. The number of morpholine rings is 2. The molecule has 366 valence electrons. The van der Waals surface area contributed by atoms with Crippen molar-refractivity contribution in [1.82, 2.24) is 45.2 Å². The van der Waals surface area contributed by atoms with Gasteiger partial charge in [-0.15, -0.1) is 0 Å². The third-order valence-corrected chi connectivity index (χ3v) is 14.6. The molecule has 0 bridgehead atoms. The van der Waals surface area contributed by atoms with E-state index in [1.54, 1.807) is 30.9 Å². The number of benzene rings is 2. The van der Waals surface area contributed by atoms with Gasteiger partial charge in [-0.1, -0.05) is 0 Å². The number of methoxy groups -OCH3 is 1. The first kappa shape index (κ1) is 45.8. The average Bonchev–Trinajstić information content (AvgIpc) is 3.95. The minimum absolute atomic E-state index is 0.0187. The Hall–Kier alpha value is -6.57. The standard InChI is InChI=1S/C51H61N13O6/c1-31-21-43(49(65)66-2)62-51(59-31)60-34-3-5-37(6-4-34)69-44-25-36(23-42-47(44)55-13-12-54-42)64-17-20-68-46(30-64)39-26-38(7-8-40(39)61-50-57-28-33(29-58-50)32-9-10-52-27-32)70-45-24-35(63-15-18-67-19-16-63)22-41-48(45)56-14-11-53-41/h11-14,21-25,28-29,32,34,37-40,46,52H,3-10,15-20,26-27,30H2,1-2H3,(H,57,58,61)(H,59,60,62)/t32?,34-,37+,38-,39?,40+,46?/m0/s1. The number of anilines is 4. The third-order valence-electron chi connectivity index (χ3n) is 14.6. The van der Waals surface area contributed by atoms with Gasteiger partial charge in [-0.3, -0.25) is 9.97 Å². The van der Waals surface area contributed by atoms with Crippen molar-refractivity contribution in [3.63, 3.8) is 0 Å². The Bertz CT molecular complexity index is 2770. The van der Waals surface area contributed by atoms with Crippen molar-refractivity contribution in [2.45, 2.75) is 94.6 Å². The van der Waals surface area contributed by atoms with E-state index in [2.05, 4.69) is 60.0 Å². The van der Waals surface area contributed by atoms with Gasteiger partial charge >= 0.3 is 5.97 Å². The molecule has 5 aliphatic rings. The number of hydrogen-bond acceptors (Lipinski definition) is 19. The second-order valence-electron chi connectivity index (χ2n) is 19.1. The quantitative estimate of drug-likeness (QED) is 0.115. The molecule has 19 heteroatoms. The van der Waals surface area contributed by atoms with Gasteiger partial charge in [-0.05, 0) is 88.6 Å². The van der Waals surface area contributed by atoms with Gasteiger partial charge in [-0.2, -0.15) is 0 Å². The zero-order chi connectivity index (χ0) is 47.4. The average molecular weight is 952 g/mol. The van der Waals surface area contributed by atoms with E-state index < -0.39 is 5.97 Å². The van der Waals surface area contributed by atoms with Crippen LogP contribution in [0, 0.1) is 12.8 Å². The Morgan fingerprint density at radius 3 is 2.09 bits per heavy atom. The molecule has 0 radical (unpaired) electrons. The molecule has 0 spiro atoms. The van der Waals surface area contributed by atoms with Crippen LogP contribution in [0.15, 0.2) is 67.5 Å². The van der Waals surface area contributed by atoms with E-state index in [1.807, 2.05) is 19.3 Å². The number of ether oxygens (including phenoxy) is 5. The number of carbonyl (C=O) groups is 1. The smallest absolute Gasteiger partial charge is 0.356 e.